The highest BCUT2D eigenvalue weighted by atomic mass is 32.1. The number of thiazole rings is 1. The van der Waals surface area contributed by atoms with Crippen molar-refractivity contribution in [3.8, 4) is 0 Å². The van der Waals surface area contributed by atoms with E-state index in [2.05, 4.69) is 24.6 Å². The van der Waals surface area contributed by atoms with Gasteiger partial charge in [0.05, 0.1) is 5.01 Å². The smallest absolute Gasteiger partial charge is 0.134 e. The van der Waals surface area contributed by atoms with Crippen LogP contribution in [0.15, 0.2) is 5.38 Å². The number of nitrogens with two attached hydrogens (primary N) is 1. The average molecular weight is 214 g/mol. The van der Waals surface area contributed by atoms with Crippen LogP contribution >= 0.6 is 11.3 Å². The Morgan fingerprint density at radius 1 is 1.46 bits per heavy atom. The van der Waals surface area contributed by atoms with Gasteiger partial charge >= 0.3 is 0 Å². The summed E-state index contributed by atoms with van der Waals surface area (Å²) in [5, 5.41) is 3.11. The van der Waals surface area contributed by atoms with Gasteiger partial charge in [0, 0.05) is 13.5 Å². The molecule has 1 rings (SSSR count). The zero-order chi connectivity index (χ0) is 9.90. The maximum Gasteiger partial charge on any atom is 0.134 e. The standard InChI is InChI=1S/C9H18N2SSi/c1-13(2,3)6-4-5-9-11-8(10)7-12-9/h7H,4-6,10H2,1-3H3. The summed E-state index contributed by atoms with van der Waals surface area (Å²) in [7, 11) is -0.859. The Labute approximate surface area is 85.2 Å². The first kappa shape index (κ1) is 10.7. The van der Waals surface area contributed by atoms with E-state index in [9.17, 15) is 0 Å². The first-order chi connectivity index (χ1) is 5.97. The molecule has 0 atom stereocenters. The highest BCUT2D eigenvalue weighted by molar-refractivity contribution is 7.10. The van der Waals surface area contributed by atoms with Gasteiger partial charge in [-0.15, -0.1) is 11.3 Å². The Morgan fingerprint density at radius 3 is 2.62 bits per heavy atom. The molecule has 0 aromatic carbocycles. The molecule has 0 unspecified atom stereocenters. The van der Waals surface area contributed by atoms with Gasteiger partial charge in [-0.05, 0) is 12.8 Å². The second-order valence-corrected chi connectivity index (χ2v) is 11.1. The maximum absolute atomic E-state index is 5.54. The summed E-state index contributed by atoms with van der Waals surface area (Å²) in [5.41, 5.74) is 5.54. The van der Waals surface area contributed by atoms with Gasteiger partial charge in [-0.2, -0.15) is 0 Å². The fraction of sp³-hybridized carbons (Fsp3) is 0.667. The number of hydrogen-bond donors (Lipinski definition) is 1. The van der Waals surface area contributed by atoms with Gasteiger partial charge in [0.2, 0.25) is 0 Å². The normalized spacial score (nSPS) is 11.9. The fourth-order valence-corrected chi connectivity index (χ4v) is 3.18. The molecule has 0 radical (unpaired) electrons. The monoisotopic (exact) mass is 214 g/mol. The number of nitrogens with zero attached hydrogens (tertiary/aromatic N) is 1. The topological polar surface area (TPSA) is 38.9 Å². The number of nitrogen functional groups attached to an aromatic ring is 1. The minimum absolute atomic E-state index is 0.674. The summed E-state index contributed by atoms with van der Waals surface area (Å²) >= 11 is 1.68. The van der Waals surface area contributed by atoms with Crippen LogP contribution in [-0.2, 0) is 6.42 Å². The molecule has 0 aliphatic rings. The first-order valence-electron chi connectivity index (χ1n) is 4.67. The zero-order valence-electron chi connectivity index (χ0n) is 8.63. The second kappa shape index (κ2) is 4.24. The summed E-state index contributed by atoms with van der Waals surface area (Å²) in [4.78, 5) is 4.24. The van der Waals surface area contributed by atoms with Crippen LogP contribution in [0.3, 0.4) is 0 Å². The Hall–Kier alpha value is -0.353. The summed E-state index contributed by atoms with van der Waals surface area (Å²) < 4.78 is 0. The Bertz CT molecular complexity index is 265. The third-order valence-electron chi connectivity index (χ3n) is 1.89. The van der Waals surface area contributed by atoms with E-state index in [0.717, 1.165) is 6.42 Å². The van der Waals surface area contributed by atoms with Crippen molar-refractivity contribution < 1.29 is 0 Å². The molecule has 0 amide bonds. The van der Waals surface area contributed by atoms with Crippen molar-refractivity contribution in [3.05, 3.63) is 10.4 Å². The molecule has 2 nitrogen and oxygen atoms in total. The molecule has 4 heteroatoms. The van der Waals surface area contributed by atoms with E-state index in [1.807, 2.05) is 5.38 Å². The van der Waals surface area contributed by atoms with Crippen LogP contribution in [0.4, 0.5) is 5.82 Å². The molecule has 13 heavy (non-hydrogen) atoms. The highest BCUT2D eigenvalue weighted by Gasteiger charge is 2.12. The van der Waals surface area contributed by atoms with Crippen LogP contribution in [0.25, 0.3) is 0 Å². The van der Waals surface area contributed by atoms with Crippen molar-refractivity contribution in [1.29, 1.82) is 0 Å². The lowest BCUT2D eigenvalue weighted by atomic mass is 10.3. The number of anilines is 1. The van der Waals surface area contributed by atoms with Crippen molar-refractivity contribution in [2.75, 3.05) is 5.73 Å². The average Bonchev–Trinajstić information content (AvgIpc) is 2.33. The van der Waals surface area contributed by atoms with E-state index in [1.54, 1.807) is 11.3 Å². The van der Waals surface area contributed by atoms with E-state index in [0.29, 0.717) is 5.82 Å². The number of hydrogen-bond acceptors (Lipinski definition) is 3. The number of aromatic nitrogens is 1. The van der Waals surface area contributed by atoms with Crippen LogP contribution in [0, 0.1) is 0 Å². The van der Waals surface area contributed by atoms with Crippen LogP contribution in [0.1, 0.15) is 11.4 Å². The molecule has 0 saturated heterocycles. The Morgan fingerprint density at radius 2 is 2.15 bits per heavy atom. The molecule has 0 aliphatic carbocycles. The van der Waals surface area contributed by atoms with Crippen LogP contribution in [0.5, 0.6) is 0 Å². The molecular formula is C9H18N2SSi. The van der Waals surface area contributed by atoms with E-state index in [4.69, 9.17) is 5.73 Å². The van der Waals surface area contributed by atoms with E-state index >= 15 is 0 Å². The molecule has 1 heterocycles. The summed E-state index contributed by atoms with van der Waals surface area (Å²) in [6.07, 6.45) is 2.37. The highest BCUT2D eigenvalue weighted by Crippen LogP contribution is 2.17. The number of aryl methyl sites for hydroxylation is 1. The van der Waals surface area contributed by atoms with Gasteiger partial charge in [-0.25, -0.2) is 4.98 Å². The van der Waals surface area contributed by atoms with Crippen molar-refractivity contribution in [3.63, 3.8) is 0 Å². The van der Waals surface area contributed by atoms with Crippen molar-refractivity contribution in [2.24, 2.45) is 0 Å². The van der Waals surface area contributed by atoms with Gasteiger partial charge in [0.1, 0.15) is 5.82 Å². The Balaban J connectivity index is 2.28. The van der Waals surface area contributed by atoms with Crippen LogP contribution < -0.4 is 5.73 Å². The van der Waals surface area contributed by atoms with E-state index < -0.39 is 8.07 Å². The lowest BCUT2D eigenvalue weighted by Crippen LogP contribution is -2.18. The molecule has 0 fully saturated rings. The zero-order valence-corrected chi connectivity index (χ0v) is 10.4. The quantitative estimate of drug-likeness (QED) is 0.783. The SMILES string of the molecule is C[Si](C)(C)CCCc1nc(N)cs1. The lowest BCUT2D eigenvalue weighted by molar-refractivity contribution is 0.892. The minimum Gasteiger partial charge on any atom is -0.383 e. The molecule has 0 aliphatic heterocycles. The fourth-order valence-electron chi connectivity index (χ4n) is 1.21. The predicted molar refractivity (Wildman–Crippen MR) is 63.0 cm³/mol. The van der Waals surface area contributed by atoms with Gasteiger partial charge in [-0.3, -0.25) is 0 Å². The van der Waals surface area contributed by atoms with E-state index in [1.165, 1.54) is 17.5 Å². The molecule has 1 aromatic rings. The lowest BCUT2D eigenvalue weighted by Gasteiger charge is -2.14. The molecule has 2 N–H and O–H groups in total. The molecule has 0 spiro atoms. The van der Waals surface area contributed by atoms with E-state index in [-0.39, 0.29) is 0 Å². The second-order valence-electron chi connectivity index (χ2n) is 4.58. The minimum atomic E-state index is -0.859. The third-order valence-corrected chi connectivity index (χ3v) is 4.67. The van der Waals surface area contributed by atoms with Gasteiger partial charge < -0.3 is 5.73 Å². The van der Waals surface area contributed by atoms with Gasteiger partial charge in [0.15, 0.2) is 0 Å². The van der Waals surface area contributed by atoms with Crippen molar-refractivity contribution in [1.82, 2.24) is 4.98 Å². The summed E-state index contributed by atoms with van der Waals surface area (Å²) in [6, 6.07) is 1.38. The van der Waals surface area contributed by atoms with Crippen molar-refractivity contribution >= 4 is 25.2 Å². The van der Waals surface area contributed by atoms with Gasteiger partial charge in [0.25, 0.3) is 0 Å². The predicted octanol–water partition coefficient (Wildman–Crippen LogP) is 3.00. The maximum atomic E-state index is 5.54. The first-order valence-corrected chi connectivity index (χ1v) is 9.26. The van der Waals surface area contributed by atoms with Crippen molar-refractivity contribution in [2.45, 2.75) is 38.5 Å². The molecule has 1 aromatic heterocycles. The molecule has 0 bridgehead atoms. The molecular weight excluding hydrogens is 196 g/mol. The van der Waals surface area contributed by atoms with Crippen LogP contribution in [-0.4, -0.2) is 13.1 Å². The largest absolute Gasteiger partial charge is 0.383 e. The van der Waals surface area contributed by atoms with Gasteiger partial charge in [-0.1, -0.05) is 25.7 Å². The molecule has 0 saturated carbocycles. The molecule has 74 valence electrons. The van der Waals surface area contributed by atoms with Crippen LogP contribution in [0.2, 0.25) is 25.7 Å². The summed E-state index contributed by atoms with van der Waals surface area (Å²) in [6.45, 7) is 7.22. The summed E-state index contributed by atoms with van der Waals surface area (Å²) in [5.74, 6) is 0.674. The number of rotatable bonds is 4. The Kier molecular flexibility index (Phi) is 3.50. The third kappa shape index (κ3) is 4.43.